The number of aromatic nitrogens is 1. The molecule has 2 aromatic heterocycles. The first-order chi connectivity index (χ1) is 13.1. The van der Waals surface area contributed by atoms with E-state index in [-0.39, 0.29) is 0 Å². The highest BCUT2D eigenvalue weighted by molar-refractivity contribution is 6.12. The molecule has 27 heavy (non-hydrogen) atoms. The molecule has 1 aromatic carbocycles. The van der Waals surface area contributed by atoms with Crippen molar-refractivity contribution >= 4 is 22.9 Å². The molecule has 0 spiro atoms. The predicted octanol–water partition coefficient (Wildman–Crippen LogP) is 4.46. The van der Waals surface area contributed by atoms with Crippen molar-refractivity contribution in [2.24, 2.45) is 5.10 Å². The van der Waals surface area contributed by atoms with Crippen LogP contribution < -0.4 is 9.47 Å². The van der Waals surface area contributed by atoms with E-state index in [4.69, 9.17) is 13.9 Å². The van der Waals surface area contributed by atoms with E-state index in [0.717, 1.165) is 34.5 Å². The zero-order valence-electron chi connectivity index (χ0n) is 16.0. The average Bonchev–Trinajstić information content (AvgIpc) is 3.15. The van der Waals surface area contributed by atoms with E-state index >= 15 is 0 Å². The van der Waals surface area contributed by atoms with Crippen LogP contribution in [0.5, 0.6) is 11.5 Å². The summed E-state index contributed by atoms with van der Waals surface area (Å²) in [5, 5.41) is 6.18. The SMILES string of the molecule is C=C(C=NN(C)CC)c1ccnc2cc(-c3cc(OC)ccc3OC)oc12. The van der Waals surface area contributed by atoms with E-state index in [9.17, 15) is 0 Å². The van der Waals surface area contributed by atoms with Gasteiger partial charge in [-0.2, -0.15) is 5.10 Å². The monoisotopic (exact) mass is 365 g/mol. The molecule has 2 heterocycles. The number of fused-ring (bicyclic) bond motifs is 1. The van der Waals surface area contributed by atoms with Crippen molar-refractivity contribution in [3.05, 3.63) is 48.7 Å². The van der Waals surface area contributed by atoms with E-state index in [0.29, 0.717) is 17.1 Å². The van der Waals surface area contributed by atoms with Crippen LogP contribution in [-0.2, 0) is 0 Å². The molecule has 0 bridgehead atoms. The second kappa shape index (κ2) is 7.95. The number of hydrazone groups is 1. The number of rotatable bonds is 7. The molecule has 0 radical (unpaired) electrons. The van der Waals surface area contributed by atoms with Crippen molar-refractivity contribution < 1.29 is 13.9 Å². The Bertz CT molecular complexity index is 992. The molecule has 0 N–H and O–H groups in total. The lowest BCUT2D eigenvalue weighted by Gasteiger charge is -2.09. The Kier molecular flexibility index (Phi) is 5.45. The maximum atomic E-state index is 6.15. The fourth-order valence-corrected chi connectivity index (χ4v) is 2.65. The van der Waals surface area contributed by atoms with Gasteiger partial charge in [0.1, 0.15) is 22.8 Å². The molecule has 6 heteroatoms. The molecule has 0 saturated heterocycles. The average molecular weight is 365 g/mol. The van der Waals surface area contributed by atoms with Crippen molar-refractivity contribution in [3.8, 4) is 22.8 Å². The zero-order valence-corrected chi connectivity index (χ0v) is 16.0. The minimum Gasteiger partial charge on any atom is -0.497 e. The van der Waals surface area contributed by atoms with Crippen LogP contribution in [0.1, 0.15) is 12.5 Å². The van der Waals surface area contributed by atoms with Crippen molar-refractivity contribution in [2.45, 2.75) is 6.92 Å². The fraction of sp³-hybridized carbons (Fsp3) is 0.238. The zero-order chi connectivity index (χ0) is 19.4. The van der Waals surface area contributed by atoms with Gasteiger partial charge in [-0.25, -0.2) is 0 Å². The fourth-order valence-electron chi connectivity index (χ4n) is 2.65. The third-order valence-electron chi connectivity index (χ3n) is 4.30. The molecule has 6 nitrogen and oxygen atoms in total. The topological polar surface area (TPSA) is 60.1 Å². The number of pyridine rings is 1. The molecule has 3 aromatic rings. The molecule has 0 saturated carbocycles. The van der Waals surface area contributed by atoms with E-state index in [1.807, 2.05) is 49.3 Å². The van der Waals surface area contributed by atoms with Gasteiger partial charge in [0.15, 0.2) is 5.58 Å². The minimum absolute atomic E-state index is 0.649. The number of benzene rings is 1. The second-order valence-corrected chi connectivity index (χ2v) is 5.99. The molecule has 0 atom stereocenters. The van der Waals surface area contributed by atoms with Gasteiger partial charge in [-0.1, -0.05) is 6.58 Å². The molecule has 3 rings (SSSR count). The molecule has 0 amide bonds. The summed E-state index contributed by atoms with van der Waals surface area (Å²) in [5.74, 6) is 2.07. The van der Waals surface area contributed by atoms with E-state index < -0.39 is 0 Å². The lowest BCUT2D eigenvalue weighted by molar-refractivity contribution is 0.378. The number of hydrogen-bond acceptors (Lipinski definition) is 6. The number of ether oxygens (including phenoxy) is 2. The Balaban J connectivity index is 2.07. The van der Waals surface area contributed by atoms with Crippen molar-refractivity contribution in [2.75, 3.05) is 27.8 Å². The summed E-state index contributed by atoms with van der Waals surface area (Å²) in [4.78, 5) is 4.42. The van der Waals surface area contributed by atoms with E-state index in [1.165, 1.54) is 0 Å². The predicted molar refractivity (Wildman–Crippen MR) is 108 cm³/mol. The number of hydrogen-bond donors (Lipinski definition) is 0. The molecule has 0 aliphatic heterocycles. The highest BCUT2D eigenvalue weighted by Crippen LogP contribution is 2.37. The van der Waals surface area contributed by atoms with Crippen molar-refractivity contribution in [1.29, 1.82) is 0 Å². The first-order valence-corrected chi connectivity index (χ1v) is 8.62. The Morgan fingerprint density at radius 1 is 1.26 bits per heavy atom. The van der Waals surface area contributed by atoms with Crippen LogP contribution in [0.15, 0.2) is 52.6 Å². The highest BCUT2D eigenvalue weighted by Gasteiger charge is 2.16. The van der Waals surface area contributed by atoms with Crippen LogP contribution in [0.25, 0.3) is 28.0 Å². The van der Waals surface area contributed by atoms with Gasteiger partial charge in [-0.3, -0.25) is 4.98 Å². The first kappa shape index (κ1) is 18.5. The van der Waals surface area contributed by atoms with Crippen LogP contribution in [-0.4, -0.2) is 44.0 Å². The number of nitrogens with zero attached hydrogens (tertiary/aromatic N) is 3. The quantitative estimate of drug-likeness (QED) is 0.457. The lowest BCUT2D eigenvalue weighted by Crippen LogP contribution is -2.09. The summed E-state index contributed by atoms with van der Waals surface area (Å²) in [5.41, 5.74) is 3.80. The molecule has 140 valence electrons. The summed E-state index contributed by atoms with van der Waals surface area (Å²) < 4.78 is 16.9. The van der Waals surface area contributed by atoms with Gasteiger partial charge in [-0.05, 0) is 36.8 Å². The smallest absolute Gasteiger partial charge is 0.161 e. The first-order valence-electron chi connectivity index (χ1n) is 8.62. The maximum Gasteiger partial charge on any atom is 0.161 e. The van der Waals surface area contributed by atoms with Gasteiger partial charge >= 0.3 is 0 Å². The second-order valence-electron chi connectivity index (χ2n) is 5.99. The number of allylic oxidation sites excluding steroid dienone is 1. The molecule has 0 unspecified atom stereocenters. The molecular formula is C21H23N3O3. The number of furan rings is 1. The summed E-state index contributed by atoms with van der Waals surface area (Å²) in [6, 6.07) is 9.33. The summed E-state index contributed by atoms with van der Waals surface area (Å²) >= 11 is 0. The maximum absolute atomic E-state index is 6.15. The number of methoxy groups -OCH3 is 2. The highest BCUT2D eigenvalue weighted by atomic mass is 16.5. The van der Waals surface area contributed by atoms with Gasteiger partial charge in [-0.15, -0.1) is 0 Å². The van der Waals surface area contributed by atoms with Gasteiger partial charge in [0.2, 0.25) is 0 Å². The molecule has 0 fully saturated rings. The van der Waals surface area contributed by atoms with Crippen molar-refractivity contribution in [3.63, 3.8) is 0 Å². The van der Waals surface area contributed by atoms with Gasteiger partial charge < -0.3 is 18.9 Å². The summed E-state index contributed by atoms with van der Waals surface area (Å²) in [6.07, 6.45) is 3.47. The standard InChI is InChI=1S/C21H23N3O3/c1-6-24(3)23-13-14(2)16-9-10-22-18-12-20(27-21(16)18)17-11-15(25-4)7-8-19(17)26-5/h7-13H,2,6H2,1,3-5H3. The van der Waals surface area contributed by atoms with E-state index in [1.54, 1.807) is 26.6 Å². The van der Waals surface area contributed by atoms with Gasteiger partial charge in [0, 0.05) is 31.4 Å². The van der Waals surface area contributed by atoms with Crippen LogP contribution >= 0.6 is 0 Å². The molecule has 0 aliphatic rings. The molecule has 0 aliphatic carbocycles. The normalized spacial score (nSPS) is 11.1. The third-order valence-corrected chi connectivity index (χ3v) is 4.30. The Labute approximate surface area is 158 Å². The molecular weight excluding hydrogens is 342 g/mol. The van der Waals surface area contributed by atoms with Crippen molar-refractivity contribution in [1.82, 2.24) is 9.99 Å². The Morgan fingerprint density at radius 2 is 2.07 bits per heavy atom. The minimum atomic E-state index is 0.649. The van der Waals surface area contributed by atoms with Gasteiger partial charge in [0.05, 0.1) is 26.0 Å². The Hall–Kier alpha value is -3.28. The summed E-state index contributed by atoms with van der Waals surface area (Å²) in [6.45, 7) is 6.96. The van der Waals surface area contributed by atoms with Crippen LogP contribution in [0.4, 0.5) is 0 Å². The Morgan fingerprint density at radius 3 is 2.78 bits per heavy atom. The van der Waals surface area contributed by atoms with Crippen LogP contribution in [0.3, 0.4) is 0 Å². The lowest BCUT2D eigenvalue weighted by atomic mass is 10.1. The van der Waals surface area contributed by atoms with Gasteiger partial charge in [0.25, 0.3) is 0 Å². The van der Waals surface area contributed by atoms with E-state index in [2.05, 4.69) is 16.7 Å². The van der Waals surface area contributed by atoms with Crippen LogP contribution in [0, 0.1) is 0 Å². The summed E-state index contributed by atoms with van der Waals surface area (Å²) in [7, 11) is 5.16. The van der Waals surface area contributed by atoms with Crippen LogP contribution in [0.2, 0.25) is 0 Å². The largest absolute Gasteiger partial charge is 0.497 e. The third kappa shape index (κ3) is 3.79.